The molecule has 148 valence electrons. The van der Waals surface area contributed by atoms with Gasteiger partial charge in [0.15, 0.2) is 0 Å². The zero-order valence-corrected chi connectivity index (χ0v) is 17.7. The summed E-state index contributed by atoms with van der Waals surface area (Å²) in [6, 6.07) is 10.4. The maximum absolute atomic E-state index is 12.5. The Morgan fingerprint density at radius 1 is 1.26 bits per heavy atom. The lowest BCUT2D eigenvalue weighted by Gasteiger charge is -2.17. The molecule has 0 bridgehead atoms. The van der Waals surface area contributed by atoms with E-state index in [1.807, 2.05) is 12.3 Å². The fraction of sp³-hybridized carbons (Fsp3) is 0.545. The Hall–Kier alpha value is -1.75. The molecular formula is C22H33N3OS. The number of aryl methyl sites for hydroxylation is 1. The third-order valence-electron chi connectivity index (χ3n) is 4.75. The van der Waals surface area contributed by atoms with Crippen LogP contribution in [0.5, 0.6) is 0 Å². The van der Waals surface area contributed by atoms with Crippen molar-refractivity contribution in [3.63, 3.8) is 0 Å². The number of rotatable bonds is 11. The lowest BCUT2D eigenvalue weighted by Crippen LogP contribution is -2.32. The molecule has 0 fully saturated rings. The van der Waals surface area contributed by atoms with E-state index in [4.69, 9.17) is 0 Å². The van der Waals surface area contributed by atoms with Crippen LogP contribution in [0.4, 0.5) is 0 Å². The van der Waals surface area contributed by atoms with Gasteiger partial charge in [-0.05, 0) is 24.3 Å². The second-order valence-electron chi connectivity index (χ2n) is 7.57. The van der Waals surface area contributed by atoms with Crippen LogP contribution in [-0.4, -0.2) is 21.2 Å². The van der Waals surface area contributed by atoms with Crippen molar-refractivity contribution in [1.29, 1.82) is 0 Å². The van der Waals surface area contributed by atoms with Gasteiger partial charge < -0.3 is 9.88 Å². The van der Waals surface area contributed by atoms with Gasteiger partial charge in [-0.3, -0.25) is 4.79 Å². The normalized spacial score (nSPS) is 12.3. The highest BCUT2D eigenvalue weighted by Crippen LogP contribution is 2.15. The van der Waals surface area contributed by atoms with Gasteiger partial charge in [0.1, 0.15) is 5.82 Å². The highest BCUT2D eigenvalue weighted by molar-refractivity contribution is 7.80. The van der Waals surface area contributed by atoms with Gasteiger partial charge in [0.25, 0.3) is 0 Å². The van der Waals surface area contributed by atoms with Crippen molar-refractivity contribution in [3.8, 4) is 0 Å². The fourth-order valence-electron chi connectivity index (χ4n) is 3.24. The van der Waals surface area contributed by atoms with Crippen LogP contribution < -0.4 is 5.32 Å². The van der Waals surface area contributed by atoms with Gasteiger partial charge in [0.05, 0.1) is 18.4 Å². The van der Waals surface area contributed by atoms with E-state index in [9.17, 15) is 4.79 Å². The molecule has 1 aromatic heterocycles. The zero-order valence-electron chi connectivity index (χ0n) is 16.8. The number of amides is 1. The standard InChI is InChI=1S/C22H33N3OS/c1-4-5-11-21-23-13-20(25(21)15-18-9-7-6-8-10-18)14-24-22(26)19(16-27)12-17(2)3/h6-10,13,17,19,27H,4-5,11-12,14-16H2,1-3H3,(H,24,26)/t19-/m0/s1. The molecule has 5 heteroatoms. The molecule has 4 nitrogen and oxygen atoms in total. The Balaban J connectivity index is 2.10. The zero-order chi connectivity index (χ0) is 19.6. The summed E-state index contributed by atoms with van der Waals surface area (Å²) in [5, 5.41) is 3.10. The molecule has 27 heavy (non-hydrogen) atoms. The molecule has 2 rings (SSSR count). The highest BCUT2D eigenvalue weighted by atomic mass is 32.1. The van der Waals surface area contributed by atoms with Gasteiger partial charge in [-0.2, -0.15) is 12.6 Å². The summed E-state index contributed by atoms with van der Waals surface area (Å²) in [4.78, 5) is 17.2. The maximum atomic E-state index is 12.5. The minimum atomic E-state index is -0.0432. The van der Waals surface area contributed by atoms with Crippen molar-refractivity contribution in [2.75, 3.05) is 5.75 Å². The predicted molar refractivity (Wildman–Crippen MR) is 115 cm³/mol. The molecule has 0 saturated heterocycles. The van der Waals surface area contributed by atoms with Crippen molar-refractivity contribution < 1.29 is 4.79 Å². The van der Waals surface area contributed by atoms with E-state index < -0.39 is 0 Å². The molecule has 1 heterocycles. The molecule has 0 unspecified atom stereocenters. The number of carbonyl (C=O) groups excluding carboxylic acids is 1. The Bertz CT molecular complexity index is 697. The Kier molecular flexibility index (Phi) is 8.92. The van der Waals surface area contributed by atoms with Gasteiger partial charge in [-0.15, -0.1) is 0 Å². The average molecular weight is 388 g/mol. The first kappa shape index (κ1) is 21.5. The number of hydrogen-bond donors (Lipinski definition) is 2. The average Bonchev–Trinajstić information content (AvgIpc) is 3.04. The van der Waals surface area contributed by atoms with Crippen LogP contribution in [0.25, 0.3) is 0 Å². The molecule has 2 aromatic rings. The number of nitrogens with zero attached hydrogens (tertiary/aromatic N) is 2. The second-order valence-corrected chi connectivity index (χ2v) is 7.93. The van der Waals surface area contributed by atoms with Gasteiger partial charge in [0.2, 0.25) is 5.91 Å². The molecule has 1 amide bonds. The number of hydrogen-bond acceptors (Lipinski definition) is 3. The highest BCUT2D eigenvalue weighted by Gasteiger charge is 2.19. The van der Waals surface area contributed by atoms with Crippen molar-refractivity contribution in [1.82, 2.24) is 14.9 Å². The van der Waals surface area contributed by atoms with E-state index in [-0.39, 0.29) is 11.8 Å². The van der Waals surface area contributed by atoms with Crippen molar-refractivity contribution >= 4 is 18.5 Å². The predicted octanol–water partition coefficient (Wildman–Crippen LogP) is 4.48. The summed E-state index contributed by atoms with van der Waals surface area (Å²) < 4.78 is 2.25. The van der Waals surface area contributed by atoms with E-state index in [0.29, 0.717) is 18.2 Å². The summed E-state index contributed by atoms with van der Waals surface area (Å²) in [7, 11) is 0. The topological polar surface area (TPSA) is 46.9 Å². The van der Waals surface area contributed by atoms with Crippen LogP contribution in [0.15, 0.2) is 36.5 Å². The molecule has 1 aromatic carbocycles. The number of unbranched alkanes of at least 4 members (excludes halogenated alkanes) is 1. The number of thiol groups is 1. The Morgan fingerprint density at radius 3 is 2.63 bits per heavy atom. The Labute approximate surface area is 169 Å². The summed E-state index contributed by atoms with van der Waals surface area (Å²) >= 11 is 4.36. The van der Waals surface area contributed by atoms with Crippen LogP contribution >= 0.6 is 12.6 Å². The van der Waals surface area contributed by atoms with Crippen LogP contribution in [0.2, 0.25) is 0 Å². The largest absolute Gasteiger partial charge is 0.350 e. The van der Waals surface area contributed by atoms with Gasteiger partial charge in [-0.25, -0.2) is 4.98 Å². The number of carbonyl (C=O) groups is 1. The van der Waals surface area contributed by atoms with Crippen molar-refractivity contribution in [3.05, 3.63) is 53.6 Å². The molecular weight excluding hydrogens is 354 g/mol. The molecule has 0 aliphatic heterocycles. The molecule has 0 saturated carbocycles. The monoisotopic (exact) mass is 387 g/mol. The molecule has 0 spiro atoms. The third kappa shape index (κ3) is 6.73. The Morgan fingerprint density at radius 2 is 2.00 bits per heavy atom. The first-order valence-electron chi connectivity index (χ1n) is 10.0. The van der Waals surface area contributed by atoms with E-state index in [2.05, 4.69) is 72.5 Å². The number of aromatic nitrogens is 2. The molecule has 1 atom stereocenters. The van der Waals surface area contributed by atoms with Crippen LogP contribution in [-0.2, 0) is 24.3 Å². The van der Waals surface area contributed by atoms with E-state index in [1.54, 1.807) is 0 Å². The van der Waals surface area contributed by atoms with E-state index in [1.165, 1.54) is 5.56 Å². The summed E-state index contributed by atoms with van der Waals surface area (Å²) in [5.74, 6) is 2.20. The SMILES string of the molecule is CCCCc1ncc(CNC(=O)[C@H](CS)CC(C)C)n1Cc1ccccc1. The van der Waals surface area contributed by atoms with Gasteiger partial charge >= 0.3 is 0 Å². The summed E-state index contributed by atoms with van der Waals surface area (Å²) in [5.41, 5.74) is 2.30. The number of benzene rings is 1. The smallest absolute Gasteiger partial charge is 0.224 e. The third-order valence-corrected chi connectivity index (χ3v) is 5.19. The molecule has 1 N–H and O–H groups in total. The number of nitrogens with one attached hydrogen (secondary N) is 1. The first-order chi connectivity index (χ1) is 13.0. The molecule has 0 aliphatic rings. The van der Waals surface area contributed by atoms with Crippen LogP contribution in [0.1, 0.15) is 57.1 Å². The lowest BCUT2D eigenvalue weighted by molar-refractivity contribution is -0.124. The minimum absolute atomic E-state index is 0.0432. The van der Waals surface area contributed by atoms with Crippen LogP contribution in [0.3, 0.4) is 0 Å². The first-order valence-corrected chi connectivity index (χ1v) is 10.6. The molecule has 0 aliphatic carbocycles. The summed E-state index contributed by atoms with van der Waals surface area (Å²) in [6.07, 6.45) is 5.99. The van der Waals surface area contributed by atoms with Gasteiger partial charge in [-0.1, -0.05) is 57.5 Å². The molecule has 0 radical (unpaired) electrons. The van der Waals surface area contributed by atoms with Crippen molar-refractivity contribution in [2.45, 2.75) is 59.5 Å². The summed E-state index contributed by atoms with van der Waals surface area (Å²) in [6.45, 7) is 7.76. The van der Waals surface area contributed by atoms with E-state index in [0.717, 1.165) is 43.7 Å². The van der Waals surface area contributed by atoms with Crippen molar-refractivity contribution in [2.24, 2.45) is 11.8 Å². The number of imidazole rings is 1. The lowest BCUT2D eigenvalue weighted by atomic mass is 9.98. The van der Waals surface area contributed by atoms with E-state index >= 15 is 0 Å². The van der Waals surface area contributed by atoms with Gasteiger partial charge in [0, 0.05) is 24.6 Å². The van der Waals surface area contributed by atoms with Crippen LogP contribution in [0, 0.1) is 11.8 Å². The second kappa shape index (κ2) is 11.2. The minimum Gasteiger partial charge on any atom is -0.350 e. The quantitative estimate of drug-likeness (QED) is 0.558. The fourth-order valence-corrected chi connectivity index (χ4v) is 3.56. The maximum Gasteiger partial charge on any atom is 0.224 e.